The average molecular weight is 743 g/mol. The Morgan fingerprint density at radius 3 is 1.26 bits per heavy atom. The van der Waals surface area contributed by atoms with E-state index in [9.17, 15) is 19.8 Å². The van der Waals surface area contributed by atoms with Crippen LogP contribution in [-0.2, 0) is 51.1 Å². The van der Waals surface area contributed by atoms with Crippen LogP contribution in [0.4, 0.5) is 0 Å². The molecule has 4 aromatic carbocycles. The van der Waals surface area contributed by atoms with Crippen molar-refractivity contribution in [3.63, 3.8) is 0 Å². The Labute approximate surface area is 314 Å². The van der Waals surface area contributed by atoms with Crippen molar-refractivity contribution in [2.75, 3.05) is 14.2 Å². The van der Waals surface area contributed by atoms with Gasteiger partial charge in [-0.05, 0) is 48.2 Å². The van der Waals surface area contributed by atoms with Gasteiger partial charge in [0.05, 0.1) is 36.5 Å². The summed E-state index contributed by atoms with van der Waals surface area (Å²) in [6, 6.07) is 32.2. The molecule has 54 heavy (non-hydrogen) atoms. The zero-order valence-electron chi connectivity index (χ0n) is 30.6. The molecule has 4 aromatic rings. The molecule has 2 saturated heterocycles. The quantitative estimate of drug-likeness (QED) is 0.176. The van der Waals surface area contributed by atoms with Crippen LogP contribution in [-0.4, -0.2) is 97.8 Å². The Hall–Kier alpha value is -4.50. The molecule has 2 fully saturated rings. The molecular weight excluding hydrogens is 696 g/mol. The van der Waals surface area contributed by atoms with Gasteiger partial charge >= 0.3 is 11.9 Å². The molecule has 6 rings (SSSR count). The maximum atomic E-state index is 14.0. The highest BCUT2D eigenvalue weighted by atomic mass is 16.7. The minimum atomic E-state index is -1.29. The number of aliphatic hydroxyl groups is 2. The standard InChI is InChI=1S/C42H46O12/c1-25-35(49-23-27-15-7-5-8-16-27)33(43)37(41(47-3)51-25)53-39(45)31-21-13-11-19-29(31)30-20-12-14-22-32(30)40(46)54-38-34(44)36(26(2)52-42(38)48-4)50-24-28-17-9-6-10-18-28/h5-22,25-26,33-38,41-44H,23-24H2,1-4H3/t25-,26-,33+,34+,35-,36-,37+,38+,41+,42+/m0/s1. The molecule has 2 heterocycles. The maximum absolute atomic E-state index is 14.0. The molecule has 0 saturated carbocycles. The van der Waals surface area contributed by atoms with Crippen molar-refractivity contribution in [2.45, 2.75) is 88.5 Å². The van der Waals surface area contributed by atoms with Gasteiger partial charge in [0.1, 0.15) is 24.4 Å². The van der Waals surface area contributed by atoms with Crippen LogP contribution in [0.2, 0.25) is 0 Å². The third-order valence-corrected chi connectivity index (χ3v) is 9.61. The summed E-state index contributed by atoms with van der Waals surface area (Å²) in [5.41, 5.74) is 2.75. The van der Waals surface area contributed by atoms with Gasteiger partial charge in [-0.1, -0.05) is 97.1 Å². The number of esters is 2. The van der Waals surface area contributed by atoms with Crippen LogP contribution in [0.25, 0.3) is 11.1 Å². The fourth-order valence-corrected chi connectivity index (χ4v) is 6.78. The molecule has 10 atom stereocenters. The topological polar surface area (TPSA) is 148 Å². The molecule has 0 unspecified atom stereocenters. The third-order valence-electron chi connectivity index (χ3n) is 9.61. The smallest absolute Gasteiger partial charge is 0.339 e. The van der Waals surface area contributed by atoms with E-state index in [0.717, 1.165) is 11.1 Å². The van der Waals surface area contributed by atoms with Crippen LogP contribution < -0.4 is 0 Å². The summed E-state index contributed by atoms with van der Waals surface area (Å²) >= 11 is 0. The van der Waals surface area contributed by atoms with Crippen molar-refractivity contribution in [2.24, 2.45) is 0 Å². The fourth-order valence-electron chi connectivity index (χ4n) is 6.78. The van der Waals surface area contributed by atoms with Crippen molar-refractivity contribution >= 4 is 11.9 Å². The van der Waals surface area contributed by atoms with Crippen LogP contribution in [0.3, 0.4) is 0 Å². The maximum Gasteiger partial charge on any atom is 0.339 e. The molecule has 0 aliphatic carbocycles. The lowest BCUT2D eigenvalue weighted by Gasteiger charge is -2.42. The van der Waals surface area contributed by atoms with Crippen LogP contribution in [0, 0.1) is 0 Å². The fraction of sp³-hybridized carbons (Fsp3) is 0.381. The van der Waals surface area contributed by atoms with Crippen molar-refractivity contribution < 1.29 is 57.7 Å². The molecular formula is C42H46O12. The minimum Gasteiger partial charge on any atom is -0.450 e. The lowest BCUT2D eigenvalue weighted by Crippen LogP contribution is -2.59. The number of hydrogen-bond donors (Lipinski definition) is 2. The first kappa shape index (κ1) is 39.2. The predicted octanol–water partition coefficient (Wildman–Crippen LogP) is 5.08. The van der Waals surface area contributed by atoms with Gasteiger partial charge in [-0.3, -0.25) is 0 Å². The van der Waals surface area contributed by atoms with Crippen LogP contribution in [0.1, 0.15) is 45.7 Å². The highest BCUT2D eigenvalue weighted by Gasteiger charge is 2.48. The number of rotatable bonds is 13. The van der Waals surface area contributed by atoms with Gasteiger partial charge in [0.25, 0.3) is 0 Å². The van der Waals surface area contributed by atoms with E-state index < -0.39 is 73.4 Å². The molecule has 0 radical (unpaired) electrons. The second-order valence-corrected chi connectivity index (χ2v) is 13.2. The van der Waals surface area contributed by atoms with Gasteiger partial charge in [-0.15, -0.1) is 0 Å². The van der Waals surface area contributed by atoms with E-state index in [1.165, 1.54) is 14.2 Å². The van der Waals surface area contributed by atoms with E-state index in [4.69, 9.17) is 37.9 Å². The molecule has 0 aromatic heterocycles. The van der Waals surface area contributed by atoms with Gasteiger partial charge in [0.15, 0.2) is 24.8 Å². The van der Waals surface area contributed by atoms with Gasteiger partial charge in [0, 0.05) is 14.2 Å². The number of carbonyl (C=O) groups is 2. The molecule has 0 bridgehead atoms. The molecule has 2 aliphatic heterocycles. The van der Waals surface area contributed by atoms with Gasteiger partial charge < -0.3 is 48.1 Å². The molecule has 2 N–H and O–H groups in total. The number of aliphatic hydroxyl groups excluding tert-OH is 2. The summed E-state index contributed by atoms with van der Waals surface area (Å²) in [4.78, 5) is 27.9. The van der Waals surface area contributed by atoms with E-state index in [-0.39, 0.29) is 24.3 Å². The SMILES string of the molecule is CO[C@@H]1O[C@@H](C)[C@H](OCc2ccccc2)[C@@H](O)[C@H]1OC(=O)c1ccccc1-c1ccccc1C(=O)O[C@H]1[C@H](OC)O[C@@H](C)[C@H](OCc2ccccc2)[C@H]1O. The largest absolute Gasteiger partial charge is 0.450 e. The van der Waals surface area contributed by atoms with Crippen LogP contribution in [0.15, 0.2) is 109 Å². The Morgan fingerprint density at radius 2 is 0.889 bits per heavy atom. The average Bonchev–Trinajstić information content (AvgIpc) is 3.20. The first-order valence-electron chi connectivity index (χ1n) is 17.8. The van der Waals surface area contributed by atoms with Crippen molar-refractivity contribution in [3.8, 4) is 11.1 Å². The van der Waals surface area contributed by atoms with Gasteiger partial charge in [-0.2, -0.15) is 0 Å². The van der Waals surface area contributed by atoms with E-state index in [1.54, 1.807) is 62.4 Å². The Bertz CT molecular complexity index is 1690. The normalized spacial score (nSPS) is 28.3. The summed E-state index contributed by atoms with van der Waals surface area (Å²) in [5.74, 6) is -1.58. The minimum absolute atomic E-state index is 0.110. The Morgan fingerprint density at radius 1 is 0.537 bits per heavy atom. The van der Waals surface area contributed by atoms with Gasteiger partial charge in [-0.25, -0.2) is 9.59 Å². The molecule has 12 heteroatoms. The molecule has 0 spiro atoms. The molecule has 2 aliphatic rings. The third kappa shape index (κ3) is 8.89. The summed E-state index contributed by atoms with van der Waals surface area (Å²) in [6.45, 7) is 3.92. The summed E-state index contributed by atoms with van der Waals surface area (Å²) in [5, 5.41) is 22.9. The number of hydrogen-bond acceptors (Lipinski definition) is 12. The van der Waals surface area contributed by atoms with E-state index in [1.807, 2.05) is 60.7 Å². The number of carbonyl (C=O) groups excluding carboxylic acids is 2. The first-order valence-corrected chi connectivity index (χ1v) is 17.8. The lowest BCUT2D eigenvalue weighted by atomic mass is 9.94. The second kappa shape index (κ2) is 18.2. The summed E-state index contributed by atoms with van der Waals surface area (Å²) in [6.07, 6.45) is -10.0. The Balaban J connectivity index is 1.20. The number of ether oxygens (including phenoxy) is 8. The zero-order valence-corrected chi connectivity index (χ0v) is 30.6. The lowest BCUT2D eigenvalue weighted by molar-refractivity contribution is -0.293. The first-order chi connectivity index (χ1) is 26.2. The Kier molecular flexibility index (Phi) is 13.2. The zero-order chi connectivity index (χ0) is 38.2. The van der Waals surface area contributed by atoms with E-state index in [0.29, 0.717) is 11.1 Å². The highest BCUT2D eigenvalue weighted by Crippen LogP contribution is 2.33. The monoisotopic (exact) mass is 742 g/mol. The number of methoxy groups -OCH3 is 2. The number of benzene rings is 4. The molecule has 0 amide bonds. The summed E-state index contributed by atoms with van der Waals surface area (Å²) < 4.78 is 46.9. The van der Waals surface area contributed by atoms with Gasteiger partial charge in [0.2, 0.25) is 0 Å². The van der Waals surface area contributed by atoms with Crippen LogP contribution >= 0.6 is 0 Å². The predicted molar refractivity (Wildman–Crippen MR) is 195 cm³/mol. The van der Waals surface area contributed by atoms with E-state index >= 15 is 0 Å². The second-order valence-electron chi connectivity index (χ2n) is 13.2. The molecule has 12 nitrogen and oxygen atoms in total. The molecule has 286 valence electrons. The van der Waals surface area contributed by atoms with Crippen LogP contribution in [0.5, 0.6) is 0 Å². The van der Waals surface area contributed by atoms with Crippen molar-refractivity contribution in [1.82, 2.24) is 0 Å². The summed E-state index contributed by atoms with van der Waals surface area (Å²) in [7, 11) is 2.79. The highest BCUT2D eigenvalue weighted by molar-refractivity contribution is 6.03. The van der Waals surface area contributed by atoms with Crippen molar-refractivity contribution in [3.05, 3.63) is 131 Å². The van der Waals surface area contributed by atoms with E-state index in [2.05, 4.69) is 0 Å². The van der Waals surface area contributed by atoms with Crippen molar-refractivity contribution in [1.29, 1.82) is 0 Å².